The van der Waals surface area contributed by atoms with Gasteiger partial charge in [-0.1, -0.05) is 13.8 Å². The van der Waals surface area contributed by atoms with Crippen molar-refractivity contribution in [1.82, 2.24) is 0 Å². The lowest BCUT2D eigenvalue weighted by Crippen LogP contribution is -2.38. The summed E-state index contributed by atoms with van der Waals surface area (Å²) in [7, 11) is 0. The van der Waals surface area contributed by atoms with Crippen molar-refractivity contribution in [3.8, 4) is 0 Å². The van der Waals surface area contributed by atoms with Crippen LogP contribution in [-0.2, 0) is 9.59 Å². The molecule has 0 saturated heterocycles. The van der Waals surface area contributed by atoms with Gasteiger partial charge in [-0.25, -0.2) is 0 Å². The molecule has 0 amide bonds. The van der Waals surface area contributed by atoms with Gasteiger partial charge in [0.2, 0.25) is 0 Å². The maximum absolute atomic E-state index is 11.6. The van der Waals surface area contributed by atoms with Crippen LogP contribution in [-0.4, -0.2) is 11.6 Å². The number of ketones is 2. The van der Waals surface area contributed by atoms with E-state index >= 15 is 0 Å². The zero-order valence-electron chi connectivity index (χ0n) is 7.64. The Bertz CT molecular complexity index is 237. The molecule has 0 unspecified atom stereocenters. The Labute approximate surface area is 72.3 Å². The van der Waals surface area contributed by atoms with E-state index in [1.54, 1.807) is 0 Å². The smallest absolute Gasteiger partial charge is 0.146 e. The van der Waals surface area contributed by atoms with Gasteiger partial charge >= 0.3 is 0 Å². The van der Waals surface area contributed by atoms with Crippen LogP contribution in [0.2, 0.25) is 0 Å². The van der Waals surface area contributed by atoms with Crippen LogP contribution in [0.5, 0.6) is 0 Å². The maximum atomic E-state index is 11.6. The average molecular weight is 166 g/mol. The van der Waals surface area contributed by atoms with Gasteiger partial charge in [0.15, 0.2) is 0 Å². The fourth-order valence-corrected chi connectivity index (χ4v) is 2.11. The topological polar surface area (TPSA) is 34.1 Å². The van der Waals surface area contributed by atoms with Crippen molar-refractivity contribution >= 4 is 11.6 Å². The summed E-state index contributed by atoms with van der Waals surface area (Å²) in [6.45, 7) is 4.00. The molecule has 0 aliphatic heterocycles. The highest BCUT2D eigenvalue weighted by atomic mass is 16.2. The summed E-state index contributed by atoms with van der Waals surface area (Å²) in [5.74, 6) is 0.396. The molecule has 1 spiro atoms. The predicted octanol–water partition coefficient (Wildman–Crippen LogP) is 1.72. The van der Waals surface area contributed by atoms with E-state index in [1.807, 2.05) is 13.8 Å². The Morgan fingerprint density at radius 3 is 1.75 bits per heavy atom. The van der Waals surface area contributed by atoms with E-state index in [0.29, 0.717) is 12.8 Å². The molecule has 2 aliphatic carbocycles. The SMILES string of the molecule is CC1(C)CC(=O)C2(CC2)C(=O)C1. The molecule has 0 aromatic rings. The molecule has 0 radical (unpaired) electrons. The quantitative estimate of drug-likeness (QED) is 0.513. The third-order valence-corrected chi connectivity index (χ3v) is 3.10. The fraction of sp³-hybridized carbons (Fsp3) is 0.800. The van der Waals surface area contributed by atoms with Crippen LogP contribution in [0.4, 0.5) is 0 Å². The molecule has 66 valence electrons. The highest BCUT2D eigenvalue weighted by Gasteiger charge is 2.59. The van der Waals surface area contributed by atoms with E-state index in [-0.39, 0.29) is 17.0 Å². The minimum atomic E-state index is -0.477. The first-order valence-electron chi connectivity index (χ1n) is 4.53. The van der Waals surface area contributed by atoms with Gasteiger partial charge in [0, 0.05) is 12.8 Å². The second-order valence-corrected chi connectivity index (χ2v) is 4.95. The van der Waals surface area contributed by atoms with Crippen LogP contribution >= 0.6 is 0 Å². The van der Waals surface area contributed by atoms with Gasteiger partial charge in [-0.2, -0.15) is 0 Å². The Morgan fingerprint density at radius 2 is 1.42 bits per heavy atom. The predicted molar refractivity (Wildman–Crippen MR) is 44.7 cm³/mol. The van der Waals surface area contributed by atoms with Crippen molar-refractivity contribution in [2.45, 2.75) is 39.5 Å². The first kappa shape index (κ1) is 7.96. The van der Waals surface area contributed by atoms with Crippen molar-refractivity contribution in [2.24, 2.45) is 10.8 Å². The van der Waals surface area contributed by atoms with Gasteiger partial charge in [-0.05, 0) is 18.3 Å². The molecule has 2 saturated carbocycles. The molecule has 2 rings (SSSR count). The third-order valence-electron chi connectivity index (χ3n) is 3.10. The van der Waals surface area contributed by atoms with E-state index in [2.05, 4.69) is 0 Å². The first-order chi connectivity index (χ1) is 5.46. The van der Waals surface area contributed by atoms with Gasteiger partial charge in [-0.3, -0.25) is 9.59 Å². The van der Waals surface area contributed by atoms with Gasteiger partial charge in [0.25, 0.3) is 0 Å². The van der Waals surface area contributed by atoms with Crippen molar-refractivity contribution < 1.29 is 9.59 Å². The molecule has 0 atom stereocenters. The highest BCUT2D eigenvalue weighted by Crippen LogP contribution is 2.54. The minimum absolute atomic E-state index is 0.0813. The molecule has 2 nitrogen and oxygen atoms in total. The van der Waals surface area contributed by atoms with Crippen LogP contribution in [0.1, 0.15) is 39.5 Å². The van der Waals surface area contributed by atoms with E-state index < -0.39 is 5.41 Å². The third kappa shape index (κ3) is 0.936. The summed E-state index contributed by atoms with van der Waals surface area (Å²) < 4.78 is 0. The highest BCUT2D eigenvalue weighted by molar-refractivity contribution is 6.12. The van der Waals surface area contributed by atoms with Crippen molar-refractivity contribution in [3.05, 3.63) is 0 Å². The Hall–Kier alpha value is -0.660. The fourth-order valence-electron chi connectivity index (χ4n) is 2.11. The lowest BCUT2D eigenvalue weighted by molar-refractivity contribution is -0.141. The zero-order chi connectivity index (χ0) is 8.98. The number of hydrogen-bond acceptors (Lipinski definition) is 2. The molecular formula is C10H14O2. The Balaban J connectivity index is 2.26. The van der Waals surface area contributed by atoms with Crippen LogP contribution in [0, 0.1) is 10.8 Å². The van der Waals surface area contributed by atoms with Crippen LogP contribution in [0.25, 0.3) is 0 Å². The summed E-state index contributed by atoms with van der Waals surface area (Å²) in [4.78, 5) is 23.2. The van der Waals surface area contributed by atoms with Crippen LogP contribution in [0.3, 0.4) is 0 Å². The summed E-state index contributed by atoms with van der Waals surface area (Å²) in [6.07, 6.45) is 2.83. The summed E-state index contributed by atoms with van der Waals surface area (Å²) in [5.41, 5.74) is -0.558. The van der Waals surface area contributed by atoms with Crippen LogP contribution < -0.4 is 0 Å². The van der Waals surface area contributed by atoms with Crippen LogP contribution in [0.15, 0.2) is 0 Å². The first-order valence-corrected chi connectivity index (χ1v) is 4.53. The van der Waals surface area contributed by atoms with Gasteiger partial charge in [0.05, 0.1) is 5.41 Å². The maximum Gasteiger partial charge on any atom is 0.146 e. The lowest BCUT2D eigenvalue weighted by Gasteiger charge is -2.31. The molecule has 0 aromatic heterocycles. The molecule has 2 aliphatic rings. The lowest BCUT2D eigenvalue weighted by atomic mass is 9.70. The molecule has 12 heavy (non-hydrogen) atoms. The van der Waals surface area contributed by atoms with E-state index in [1.165, 1.54) is 0 Å². The Kier molecular flexibility index (Phi) is 1.31. The van der Waals surface area contributed by atoms with Gasteiger partial charge in [0.1, 0.15) is 11.6 Å². The average Bonchev–Trinajstić information content (AvgIpc) is 2.59. The van der Waals surface area contributed by atoms with E-state index in [9.17, 15) is 9.59 Å². The van der Waals surface area contributed by atoms with Gasteiger partial charge in [-0.15, -0.1) is 0 Å². The molecule has 0 aromatic carbocycles. The van der Waals surface area contributed by atoms with Crippen molar-refractivity contribution in [3.63, 3.8) is 0 Å². The number of carbonyl (C=O) groups is 2. The van der Waals surface area contributed by atoms with E-state index in [4.69, 9.17) is 0 Å². The molecule has 2 heteroatoms. The standard InChI is InChI=1S/C10H14O2/c1-9(2)5-7(11)10(3-4-10)8(12)6-9/h3-6H2,1-2H3. The van der Waals surface area contributed by atoms with E-state index in [0.717, 1.165) is 12.8 Å². The van der Waals surface area contributed by atoms with Crippen molar-refractivity contribution in [1.29, 1.82) is 0 Å². The summed E-state index contributed by atoms with van der Waals surface area (Å²) in [6, 6.07) is 0. The summed E-state index contributed by atoms with van der Waals surface area (Å²) in [5, 5.41) is 0. The zero-order valence-corrected chi connectivity index (χ0v) is 7.64. The molecular weight excluding hydrogens is 152 g/mol. The molecule has 0 N–H and O–H groups in total. The second-order valence-electron chi connectivity index (χ2n) is 4.95. The molecule has 2 fully saturated rings. The van der Waals surface area contributed by atoms with Gasteiger partial charge < -0.3 is 0 Å². The normalized spacial score (nSPS) is 30.8. The minimum Gasteiger partial charge on any atom is -0.299 e. The summed E-state index contributed by atoms with van der Waals surface area (Å²) >= 11 is 0. The number of rotatable bonds is 0. The molecule has 0 heterocycles. The number of hydrogen-bond donors (Lipinski definition) is 0. The number of Topliss-reactive ketones (excluding diaryl/α,β-unsaturated/α-hetero) is 2. The monoisotopic (exact) mass is 166 g/mol. The number of carbonyl (C=O) groups excluding carboxylic acids is 2. The van der Waals surface area contributed by atoms with Crippen molar-refractivity contribution in [2.75, 3.05) is 0 Å². The largest absolute Gasteiger partial charge is 0.299 e. The second kappa shape index (κ2) is 1.98. The Morgan fingerprint density at radius 1 is 1.00 bits per heavy atom. The molecule has 0 bridgehead atoms.